The van der Waals surface area contributed by atoms with Crippen LogP contribution in [0.25, 0.3) is 44.2 Å². The Morgan fingerprint density at radius 3 is 2.39 bits per heavy atom. The molecule has 0 bridgehead atoms. The first-order valence-electron chi connectivity index (χ1n) is 10.4. The van der Waals surface area contributed by atoms with Crippen LogP contribution in [0.4, 0.5) is 11.4 Å². The number of pyridine rings is 1. The lowest BCUT2D eigenvalue weighted by molar-refractivity contribution is -0.384. The van der Waals surface area contributed by atoms with E-state index >= 15 is 0 Å². The Morgan fingerprint density at radius 1 is 1.00 bits per heavy atom. The van der Waals surface area contributed by atoms with Crippen molar-refractivity contribution in [3.05, 3.63) is 89.1 Å². The van der Waals surface area contributed by atoms with Crippen molar-refractivity contribution in [1.29, 1.82) is 0 Å². The van der Waals surface area contributed by atoms with Crippen molar-refractivity contribution in [3.8, 4) is 22.3 Å². The number of benzene rings is 3. The molecule has 0 aliphatic heterocycles. The number of anilines is 1. The van der Waals surface area contributed by atoms with Gasteiger partial charge in [0.15, 0.2) is 0 Å². The molecule has 0 radical (unpaired) electrons. The normalized spacial score (nSPS) is 11.1. The van der Waals surface area contributed by atoms with Crippen molar-refractivity contribution < 1.29 is 9.72 Å². The largest absolute Gasteiger partial charge is 0.339 e. The molecular weight excluding hydrogens is 416 g/mol. The maximum Gasteiger partial charge on any atom is 0.270 e. The Balaban J connectivity index is 1.80. The average molecular weight is 436 g/mol. The molecule has 2 heterocycles. The summed E-state index contributed by atoms with van der Waals surface area (Å²) < 4.78 is 0. The number of nitro groups is 1. The van der Waals surface area contributed by atoms with Crippen molar-refractivity contribution in [1.82, 2.24) is 9.97 Å². The fraction of sp³-hybridized carbons (Fsp3) is 0.0769. The molecule has 2 aromatic heterocycles. The highest BCUT2D eigenvalue weighted by molar-refractivity contribution is 6.16. The van der Waals surface area contributed by atoms with Gasteiger partial charge in [-0.1, -0.05) is 42.5 Å². The number of nitrogens with one attached hydrogen (secondary N) is 1. The predicted molar refractivity (Wildman–Crippen MR) is 130 cm³/mol. The van der Waals surface area contributed by atoms with Gasteiger partial charge in [-0.15, -0.1) is 0 Å². The van der Waals surface area contributed by atoms with Crippen molar-refractivity contribution in [3.63, 3.8) is 0 Å². The van der Waals surface area contributed by atoms with Crippen molar-refractivity contribution >= 4 is 39.2 Å². The van der Waals surface area contributed by atoms with Gasteiger partial charge in [-0.05, 0) is 29.3 Å². The Morgan fingerprint density at radius 2 is 1.73 bits per heavy atom. The van der Waals surface area contributed by atoms with Gasteiger partial charge in [0.25, 0.3) is 5.69 Å². The molecule has 0 saturated heterocycles. The number of rotatable bonds is 4. The fourth-order valence-corrected chi connectivity index (χ4v) is 4.13. The van der Waals surface area contributed by atoms with E-state index in [2.05, 4.69) is 9.97 Å². The minimum Gasteiger partial charge on any atom is -0.339 e. The van der Waals surface area contributed by atoms with Gasteiger partial charge in [-0.3, -0.25) is 14.9 Å². The summed E-state index contributed by atoms with van der Waals surface area (Å²) in [5.74, 6) is -0.0452. The van der Waals surface area contributed by atoms with Crippen LogP contribution in [0.5, 0.6) is 0 Å². The summed E-state index contributed by atoms with van der Waals surface area (Å²) in [6.45, 7) is 1.52. The van der Waals surface area contributed by atoms with Crippen LogP contribution in [0.15, 0.2) is 79.0 Å². The third kappa shape index (κ3) is 3.49. The molecule has 162 valence electrons. The lowest BCUT2D eigenvalue weighted by Crippen LogP contribution is -2.22. The van der Waals surface area contributed by atoms with Gasteiger partial charge in [0.1, 0.15) is 5.65 Å². The number of carbonyl (C=O) groups excluding carboxylic acids is 1. The van der Waals surface area contributed by atoms with Crippen LogP contribution in [0, 0.1) is 10.1 Å². The Bertz CT molecular complexity index is 1520. The lowest BCUT2D eigenvalue weighted by Gasteiger charge is -2.16. The van der Waals surface area contributed by atoms with Gasteiger partial charge in [0, 0.05) is 65.4 Å². The highest BCUT2D eigenvalue weighted by atomic mass is 16.6. The molecule has 7 heteroatoms. The molecule has 7 nitrogen and oxygen atoms in total. The number of hydrogen-bond acceptors (Lipinski definition) is 4. The molecule has 0 aliphatic carbocycles. The second kappa shape index (κ2) is 7.87. The SMILES string of the molecule is CC(=O)N(C)c1ccc(-c2cnc3[nH]c4ccc([N+](=O)[O-])cc4c3c2-c2ccccc2)cc1. The zero-order valence-corrected chi connectivity index (χ0v) is 18.1. The summed E-state index contributed by atoms with van der Waals surface area (Å²) in [4.78, 5) is 32.3. The quantitative estimate of drug-likeness (QED) is 0.279. The molecule has 1 amide bonds. The van der Waals surface area contributed by atoms with E-state index in [4.69, 9.17) is 0 Å². The Hall–Kier alpha value is -4.52. The highest BCUT2D eigenvalue weighted by Crippen LogP contribution is 2.41. The highest BCUT2D eigenvalue weighted by Gasteiger charge is 2.19. The smallest absolute Gasteiger partial charge is 0.270 e. The number of carbonyl (C=O) groups is 1. The summed E-state index contributed by atoms with van der Waals surface area (Å²) in [6.07, 6.45) is 1.82. The maximum atomic E-state index is 11.7. The van der Waals surface area contributed by atoms with Gasteiger partial charge in [0.2, 0.25) is 5.91 Å². The first-order chi connectivity index (χ1) is 15.9. The monoisotopic (exact) mass is 436 g/mol. The summed E-state index contributed by atoms with van der Waals surface area (Å²) in [5.41, 5.74) is 6.05. The number of nitrogens with zero attached hydrogens (tertiary/aromatic N) is 3. The Labute approximate surface area is 189 Å². The van der Waals surface area contributed by atoms with Crippen LogP contribution in [-0.4, -0.2) is 27.8 Å². The van der Waals surface area contributed by atoms with E-state index in [1.807, 2.05) is 60.8 Å². The minimum atomic E-state index is -0.387. The van der Waals surface area contributed by atoms with Gasteiger partial charge in [-0.2, -0.15) is 0 Å². The number of fused-ring (bicyclic) bond motifs is 3. The van der Waals surface area contributed by atoms with Gasteiger partial charge in [0.05, 0.1) is 4.92 Å². The topological polar surface area (TPSA) is 92.1 Å². The molecule has 0 spiro atoms. The summed E-state index contributed by atoms with van der Waals surface area (Å²) in [7, 11) is 1.74. The molecule has 0 fully saturated rings. The number of amides is 1. The Kier molecular flexibility index (Phi) is 4.86. The van der Waals surface area contributed by atoms with Gasteiger partial charge < -0.3 is 9.88 Å². The number of aromatic nitrogens is 2. The standard InChI is InChI=1S/C26H20N4O3/c1-16(31)29(2)19-10-8-17(9-11-19)22-15-27-26-25(24(22)18-6-4-3-5-7-18)21-14-20(30(32)33)12-13-23(21)28-26/h3-15H,1-2H3,(H,27,28). The third-order valence-corrected chi connectivity index (χ3v) is 5.92. The number of nitro benzene ring substituents is 1. The van der Waals surface area contributed by atoms with E-state index in [1.54, 1.807) is 24.1 Å². The van der Waals surface area contributed by atoms with Crippen LogP contribution in [-0.2, 0) is 4.79 Å². The molecule has 3 aromatic carbocycles. The first-order valence-corrected chi connectivity index (χ1v) is 10.4. The van der Waals surface area contributed by atoms with Gasteiger partial charge in [-0.25, -0.2) is 4.98 Å². The summed E-state index contributed by atoms with van der Waals surface area (Å²) in [5, 5.41) is 13.0. The molecule has 0 aliphatic rings. The number of aromatic amines is 1. The van der Waals surface area contributed by atoms with Crippen molar-refractivity contribution in [2.45, 2.75) is 6.92 Å². The van der Waals surface area contributed by atoms with Crippen molar-refractivity contribution in [2.24, 2.45) is 0 Å². The van der Waals surface area contributed by atoms with Crippen LogP contribution in [0.1, 0.15) is 6.92 Å². The molecule has 33 heavy (non-hydrogen) atoms. The molecule has 0 saturated carbocycles. The number of hydrogen-bond donors (Lipinski definition) is 1. The van der Waals surface area contributed by atoms with E-state index in [1.165, 1.54) is 13.0 Å². The van der Waals surface area contributed by atoms with Crippen LogP contribution >= 0.6 is 0 Å². The zero-order valence-electron chi connectivity index (χ0n) is 18.1. The lowest BCUT2D eigenvalue weighted by atomic mass is 9.92. The first kappa shape index (κ1) is 20.4. The number of non-ortho nitro benzene ring substituents is 1. The predicted octanol–water partition coefficient (Wildman–Crippen LogP) is 5.94. The van der Waals surface area contributed by atoms with E-state index in [-0.39, 0.29) is 16.5 Å². The molecular formula is C26H20N4O3. The molecule has 0 unspecified atom stereocenters. The maximum absolute atomic E-state index is 11.7. The van der Waals surface area contributed by atoms with E-state index in [0.717, 1.165) is 44.2 Å². The van der Waals surface area contributed by atoms with E-state index in [0.29, 0.717) is 5.65 Å². The molecule has 1 N–H and O–H groups in total. The van der Waals surface area contributed by atoms with Crippen molar-refractivity contribution in [2.75, 3.05) is 11.9 Å². The van der Waals surface area contributed by atoms with E-state index < -0.39 is 0 Å². The molecule has 5 aromatic rings. The van der Waals surface area contributed by atoms with Crippen LogP contribution in [0.3, 0.4) is 0 Å². The minimum absolute atomic E-state index is 0.0319. The van der Waals surface area contributed by atoms with E-state index in [9.17, 15) is 14.9 Å². The zero-order chi connectivity index (χ0) is 23.1. The van der Waals surface area contributed by atoms with Crippen LogP contribution in [0.2, 0.25) is 0 Å². The average Bonchev–Trinajstić information content (AvgIpc) is 3.21. The molecule has 0 atom stereocenters. The summed E-state index contributed by atoms with van der Waals surface area (Å²) in [6, 6.07) is 22.4. The molecule has 5 rings (SSSR count). The van der Waals surface area contributed by atoms with Gasteiger partial charge >= 0.3 is 0 Å². The second-order valence-electron chi connectivity index (χ2n) is 7.87. The second-order valence-corrected chi connectivity index (χ2v) is 7.87. The van der Waals surface area contributed by atoms with Crippen LogP contribution < -0.4 is 4.90 Å². The third-order valence-electron chi connectivity index (χ3n) is 5.92. The summed E-state index contributed by atoms with van der Waals surface area (Å²) >= 11 is 0. The number of H-pyrrole nitrogens is 1. The fourth-order valence-electron chi connectivity index (χ4n) is 4.13.